The molecule has 33 heavy (non-hydrogen) atoms. The van der Waals surface area contributed by atoms with Gasteiger partial charge >= 0.3 is 5.97 Å². The fraction of sp³-hybridized carbons (Fsp3) is 0.320. The first-order chi connectivity index (χ1) is 16.0. The van der Waals surface area contributed by atoms with Gasteiger partial charge in [-0.2, -0.15) is 0 Å². The van der Waals surface area contributed by atoms with Crippen molar-refractivity contribution in [1.82, 2.24) is 4.57 Å². The maximum atomic E-state index is 11.6. The lowest BCUT2D eigenvalue weighted by atomic mass is 9.98. The molecular weight excluding hydrogens is 442 g/mol. The van der Waals surface area contributed by atoms with E-state index in [2.05, 4.69) is 18.2 Å². The van der Waals surface area contributed by atoms with Crippen LogP contribution in [-0.2, 0) is 20.7 Å². The van der Waals surface area contributed by atoms with Gasteiger partial charge < -0.3 is 29.4 Å². The Morgan fingerprint density at radius 1 is 1.12 bits per heavy atom. The quantitative estimate of drug-likeness (QED) is 0.390. The van der Waals surface area contributed by atoms with E-state index in [1.807, 2.05) is 42.6 Å². The average Bonchev–Trinajstić information content (AvgIpc) is 3.38. The number of aliphatic hydroxyl groups excluding tert-OH is 3. The van der Waals surface area contributed by atoms with E-state index in [0.29, 0.717) is 6.42 Å². The monoisotopic (exact) mass is 467 g/mol. The summed E-state index contributed by atoms with van der Waals surface area (Å²) in [5, 5.41) is 33.4. The van der Waals surface area contributed by atoms with Crippen LogP contribution in [0.4, 0.5) is 0 Å². The first kappa shape index (κ1) is 22.1. The molecule has 1 aliphatic heterocycles. The number of rotatable bonds is 5. The van der Waals surface area contributed by atoms with E-state index in [1.165, 1.54) is 21.9 Å². The second-order valence-corrected chi connectivity index (χ2v) is 9.48. The lowest BCUT2D eigenvalue weighted by molar-refractivity contribution is -0.256. The second-order valence-electron chi connectivity index (χ2n) is 8.31. The highest BCUT2D eigenvalue weighted by Gasteiger charge is 2.47. The number of aromatic nitrogens is 1. The number of nitrogens with zero attached hydrogens (tertiary/aromatic N) is 1. The number of thiophene rings is 1. The van der Waals surface area contributed by atoms with Crippen molar-refractivity contribution in [3.05, 3.63) is 71.2 Å². The van der Waals surface area contributed by atoms with E-state index in [9.17, 15) is 20.1 Å². The summed E-state index contributed by atoms with van der Waals surface area (Å²) in [6, 6.07) is 18.3. The van der Waals surface area contributed by atoms with Crippen LogP contribution < -0.4 is 0 Å². The van der Waals surface area contributed by atoms with Gasteiger partial charge in [0.2, 0.25) is 0 Å². The van der Waals surface area contributed by atoms with E-state index in [-0.39, 0.29) is 0 Å². The number of aliphatic hydroxyl groups is 3. The van der Waals surface area contributed by atoms with Gasteiger partial charge in [-0.3, -0.25) is 4.79 Å². The topological polar surface area (TPSA) is 101 Å². The third kappa shape index (κ3) is 4.05. The Morgan fingerprint density at radius 2 is 1.88 bits per heavy atom. The van der Waals surface area contributed by atoms with Crippen LogP contribution >= 0.6 is 11.3 Å². The molecule has 0 amide bonds. The van der Waals surface area contributed by atoms with E-state index in [0.717, 1.165) is 16.5 Å². The lowest BCUT2D eigenvalue weighted by Gasteiger charge is -2.42. The Hall–Kier alpha value is -2.75. The molecule has 0 radical (unpaired) electrons. The molecule has 172 valence electrons. The second kappa shape index (κ2) is 8.89. The highest BCUT2D eigenvalue weighted by Crippen LogP contribution is 2.36. The number of carbonyl (C=O) groups is 1. The van der Waals surface area contributed by atoms with E-state index >= 15 is 0 Å². The molecule has 2 aromatic carbocycles. The minimum Gasteiger partial charge on any atom is -0.457 e. The largest absolute Gasteiger partial charge is 0.457 e. The van der Waals surface area contributed by atoms with Crippen LogP contribution in [0.1, 0.15) is 23.6 Å². The predicted octanol–water partition coefficient (Wildman–Crippen LogP) is 2.99. The number of ether oxygens (including phenoxy) is 2. The Bertz CT molecular complexity index is 1260. The number of benzene rings is 2. The molecule has 3 N–H and O–H groups in total. The Labute approximate surface area is 194 Å². The van der Waals surface area contributed by atoms with Crippen LogP contribution in [0.15, 0.2) is 60.8 Å². The molecule has 4 aromatic rings. The molecule has 1 aliphatic rings. The zero-order valence-corrected chi connectivity index (χ0v) is 18.8. The van der Waals surface area contributed by atoms with Crippen molar-refractivity contribution in [2.24, 2.45) is 0 Å². The molecule has 1 saturated heterocycles. The summed E-state index contributed by atoms with van der Waals surface area (Å²) in [5.41, 5.74) is 1.90. The lowest BCUT2D eigenvalue weighted by Crippen LogP contribution is -2.57. The third-order valence-corrected chi connectivity index (χ3v) is 7.20. The zero-order valence-electron chi connectivity index (χ0n) is 18.0. The molecule has 1 unspecified atom stereocenters. The Balaban J connectivity index is 1.54. The van der Waals surface area contributed by atoms with Crippen molar-refractivity contribution in [2.75, 3.05) is 6.61 Å². The van der Waals surface area contributed by atoms with Crippen molar-refractivity contribution in [3.8, 4) is 0 Å². The summed E-state index contributed by atoms with van der Waals surface area (Å²) in [6.07, 6.45) is -3.20. The van der Waals surface area contributed by atoms with Crippen molar-refractivity contribution in [1.29, 1.82) is 0 Å². The van der Waals surface area contributed by atoms with Crippen LogP contribution in [0.2, 0.25) is 0 Å². The van der Waals surface area contributed by atoms with Gasteiger partial charge in [0.25, 0.3) is 0 Å². The van der Waals surface area contributed by atoms with Gasteiger partial charge in [0, 0.05) is 34.5 Å². The number of fused-ring (bicyclic) bond motifs is 2. The number of para-hydroxylation sites is 1. The van der Waals surface area contributed by atoms with E-state index < -0.39 is 43.2 Å². The minimum absolute atomic E-state index is 0.476. The molecule has 5 rings (SSSR count). The van der Waals surface area contributed by atoms with Crippen molar-refractivity contribution < 1.29 is 29.6 Å². The normalized spacial score (nSPS) is 25.5. The Kier molecular flexibility index (Phi) is 5.94. The fourth-order valence-electron chi connectivity index (χ4n) is 4.57. The number of hydrogen-bond acceptors (Lipinski definition) is 7. The molecule has 7 nitrogen and oxygen atoms in total. The fourth-order valence-corrected chi connectivity index (χ4v) is 5.66. The summed E-state index contributed by atoms with van der Waals surface area (Å²) in [5.74, 6) is -0.627. The van der Waals surface area contributed by atoms with Crippen LogP contribution in [0, 0.1) is 0 Å². The van der Waals surface area contributed by atoms with Gasteiger partial charge in [-0.25, -0.2) is 0 Å². The number of esters is 1. The first-order valence-electron chi connectivity index (χ1n) is 10.8. The van der Waals surface area contributed by atoms with Gasteiger partial charge in [0.1, 0.15) is 18.3 Å². The average molecular weight is 468 g/mol. The van der Waals surface area contributed by atoms with Gasteiger partial charge in [-0.15, -0.1) is 11.3 Å². The molecule has 0 bridgehead atoms. The van der Waals surface area contributed by atoms with Crippen LogP contribution in [0.25, 0.3) is 21.0 Å². The summed E-state index contributed by atoms with van der Waals surface area (Å²) in [6.45, 7) is 0.738. The number of carbonyl (C=O) groups excluding carboxylic acids is 1. The molecule has 1 fully saturated rings. The summed E-state index contributed by atoms with van der Waals surface area (Å²) in [4.78, 5) is 12.8. The highest BCUT2D eigenvalue weighted by molar-refractivity contribution is 7.19. The van der Waals surface area contributed by atoms with Crippen LogP contribution in [0.5, 0.6) is 0 Å². The van der Waals surface area contributed by atoms with Crippen LogP contribution in [-0.4, -0.2) is 56.9 Å². The smallest absolute Gasteiger partial charge is 0.303 e. The third-order valence-electron chi connectivity index (χ3n) is 6.08. The van der Waals surface area contributed by atoms with Crippen molar-refractivity contribution >= 4 is 38.3 Å². The van der Waals surface area contributed by atoms with Gasteiger partial charge in [-0.1, -0.05) is 36.4 Å². The van der Waals surface area contributed by atoms with Gasteiger partial charge in [0.05, 0.1) is 12.1 Å². The molecular formula is C25H25NO6S. The van der Waals surface area contributed by atoms with Crippen molar-refractivity contribution in [2.45, 2.75) is 44.0 Å². The van der Waals surface area contributed by atoms with Crippen molar-refractivity contribution in [3.63, 3.8) is 0 Å². The molecule has 0 aliphatic carbocycles. The predicted molar refractivity (Wildman–Crippen MR) is 125 cm³/mol. The Morgan fingerprint density at radius 3 is 2.64 bits per heavy atom. The van der Waals surface area contributed by atoms with Gasteiger partial charge in [0.15, 0.2) is 12.3 Å². The molecule has 3 heterocycles. The van der Waals surface area contributed by atoms with Crippen LogP contribution in [0.3, 0.4) is 0 Å². The summed E-state index contributed by atoms with van der Waals surface area (Å²) < 4.78 is 14.1. The number of hydrogen-bond donors (Lipinski definition) is 3. The highest BCUT2D eigenvalue weighted by atomic mass is 32.1. The van der Waals surface area contributed by atoms with Gasteiger partial charge in [-0.05, 0) is 29.1 Å². The summed E-state index contributed by atoms with van der Waals surface area (Å²) in [7, 11) is 0. The molecule has 0 spiro atoms. The van der Waals surface area contributed by atoms with E-state index in [1.54, 1.807) is 15.9 Å². The summed E-state index contributed by atoms with van der Waals surface area (Å²) >= 11 is 1.74. The minimum atomic E-state index is -1.34. The van der Waals surface area contributed by atoms with E-state index in [4.69, 9.17) is 9.47 Å². The molecule has 8 heteroatoms. The molecule has 2 aromatic heterocycles. The SMILES string of the molecule is CC(=O)O[C@H]1[C@H](O)[C@@H](CO)OC(n2cc(Cc3cc4ccccc4s3)c3ccccc32)[C@@H]1O. The maximum Gasteiger partial charge on any atom is 0.303 e. The molecule has 0 saturated carbocycles. The first-order valence-corrected chi connectivity index (χ1v) is 11.6. The zero-order chi connectivity index (χ0) is 23.1. The standard InChI is InChI=1S/C25H25NO6S/c1-14(28)31-24-22(29)20(13-27)32-25(23(24)30)26-12-16(18-7-3-4-8-19(18)26)11-17-10-15-6-2-5-9-21(15)33-17/h2-10,12,20,22-25,27,29-30H,11,13H2,1H3/t20-,22-,23-,24+,25?/m1/s1. The maximum absolute atomic E-state index is 11.6. The molecule has 5 atom stereocenters.